The van der Waals surface area contributed by atoms with Gasteiger partial charge in [0.25, 0.3) is 11.6 Å². The number of carbonyl (C=O) groups excluding carboxylic acids is 2. The number of aryl methyl sites for hydroxylation is 1. The molecule has 2 aromatic rings. The predicted octanol–water partition coefficient (Wildman–Crippen LogP) is 2.27. The quantitative estimate of drug-likeness (QED) is 0.679. The Hall–Kier alpha value is -3.42. The van der Waals surface area contributed by atoms with Gasteiger partial charge in [-0.3, -0.25) is 24.6 Å². The zero-order valence-electron chi connectivity index (χ0n) is 13.4. The summed E-state index contributed by atoms with van der Waals surface area (Å²) in [6.07, 6.45) is 0. The predicted molar refractivity (Wildman–Crippen MR) is 90.8 cm³/mol. The maximum Gasteiger partial charge on any atom is 0.271 e. The van der Waals surface area contributed by atoms with Crippen molar-refractivity contribution in [1.29, 1.82) is 0 Å². The second-order valence-corrected chi connectivity index (χ2v) is 5.54. The number of nitrogens with one attached hydrogen (secondary N) is 1. The minimum Gasteiger partial charge on any atom is -0.482 e. The number of hydrogen-bond acceptors (Lipinski definition) is 5. The molecule has 25 heavy (non-hydrogen) atoms. The van der Waals surface area contributed by atoms with E-state index in [1.165, 1.54) is 17.0 Å². The van der Waals surface area contributed by atoms with E-state index in [0.717, 1.165) is 0 Å². The lowest BCUT2D eigenvalue weighted by molar-refractivity contribution is -0.384. The van der Waals surface area contributed by atoms with Gasteiger partial charge in [0.2, 0.25) is 5.91 Å². The van der Waals surface area contributed by atoms with Crippen molar-refractivity contribution in [3.8, 4) is 5.75 Å². The van der Waals surface area contributed by atoms with Gasteiger partial charge in [-0.05, 0) is 24.6 Å². The Morgan fingerprint density at radius 1 is 1.32 bits per heavy atom. The highest BCUT2D eigenvalue weighted by Gasteiger charge is 2.27. The first-order valence-corrected chi connectivity index (χ1v) is 7.53. The van der Waals surface area contributed by atoms with Crippen LogP contribution in [0.2, 0.25) is 0 Å². The number of nitro groups is 1. The number of rotatable bonds is 4. The maximum absolute atomic E-state index is 12.4. The molecule has 0 bridgehead atoms. The Balaban J connectivity index is 1.78. The van der Waals surface area contributed by atoms with Gasteiger partial charge < -0.3 is 10.1 Å². The van der Waals surface area contributed by atoms with E-state index in [-0.39, 0.29) is 24.7 Å². The number of nitro benzene ring substituents is 1. The van der Waals surface area contributed by atoms with Crippen LogP contribution >= 0.6 is 0 Å². The van der Waals surface area contributed by atoms with Crippen LogP contribution in [0.5, 0.6) is 5.75 Å². The van der Waals surface area contributed by atoms with E-state index in [0.29, 0.717) is 22.7 Å². The van der Waals surface area contributed by atoms with Crippen molar-refractivity contribution >= 4 is 28.9 Å². The molecule has 2 aromatic carbocycles. The normalized spacial score (nSPS) is 13.0. The molecule has 0 radical (unpaired) electrons. The summed E-state index contributed by atoms with van der Waals surface area (Å²) >= 11 is 0. The summed E-state index contributed by atoms with van der Waals surface area (Å²) in [7, 11) is 0. The zero-order chi connectivity index (χ0) is 18.0. The van der Waals surface area contributed by atoms with Crippen LogP contribution in [0.1, 0.15) is 5.56 Å². The fourth-order valence-electron chi connectivity index (χ4n) is 2.52. The average Bonchev–Trinajstić information content (AvgIpc) is 2.59. The first-order valence-electron chi connectivity index (χ1n) is 7.53. The van der Waals surface area contributed by atoms with Crippen molar-refractivity contribution in [1.82, 2.24) is 0 Å². The summed E-state index contributed by atoms with van der Waals surface area (Å²) in [4.78, 5) is 36.1. The summed E-state index contributed by atoms with van der Waals surface area (Å²) in [5.74, 6) is -0.250. The lowest BCUT2D eigenvalue weighted by Gasteiger charge is -2.28. The van der Waals surface area contributed by atoms with E-state index in [1.807, 2.05) is 0 Å². The Morgan fingerprint density at radius 2 is 2.08 bits per heavy atom. The third-order valence-electron chi connectivity index (χ3n) is 3.82. The number of fused-ring (bicyclic) bond motifs is 1. The molecule has 8 nitrogen and oxygen atoms in total. The molecule has 0 unspecified atom stereocenters. The molecule has 0 saturated heterocycles. The molecule has 128 valence electrons. The molecule has 0 saturated carbocycles. The number of anilines is 2. The minimum atomic E-state index is -0.531. The topological polar surface area (TPSA) is 102 Å². The lowest BCUT2D eigenvalue weighted by atomic mass is 10.1. The molecular formula is C17H15N3O5. The van der Waals surface area contributed by atoms with Gasteiger partial charge in [-0.15, -0.1) is 0 Å². The number of carbonyl (C=O) groups is 2. The number of para-hydroxylation sites is 2. The molecule has 0 spiro atoms. The van der Waals surface area contributed by atoms with Crippen LogP contribution in [-0.2, 0) is 9.59 Å². The van der Waals surface area contributed by atoms with Crippen LogP contribution in [0.3, 0.4) is 0 Å². The number of hydrogen-bond donors (Lipinski definition) is 1. The molecule has 0 fully saturated rings. The molecule has 0 aliphatic carbocycles. The van der Waals surface area contributed by atoms with Crippen LogP contribution in [0.15, 0.2) is 42.5 Å². The molecule has 1 aliphatic heterocycles. The fraction of sp³-hybridized carbons (Fsp3) is 0.176. The van der Waals surface area contributed by atoms with E-state index in [2.05, 4.69) is 5.32 Å². The van der Waals surface area contributed by atoms with Gasteiger partial charge >= 0.3 is 0 Å². The van der Waals surface area contributed by atoms with Gasteiger partial charge in [0, 0.05) is 12.1 Å². The summed E-state index contributed by atoms with van der Waals surface area (Å²) in [5.41, 5.74) is 1.43. The minimum absolute atomic E-state index is 0.117. The molecule has 8 heteroatoms. The standard InChI is InChI=1S/C17H15N3O5/c1-11-6-7-12(20(23)24)8-13(11)18-16(21)9-19-14-4-2-3-5-15(14)25-10-17(19)22/h2-8H,9-10H2,1H3,(H,18,21). The highest BCUT2D eigenvalue weighted by molar-refractivity contribution is 6.05. The molecule has 2 amide bonds. The Labute approximate surface area is 143 Å². The average molecular weight is 341 g/mol. The van der Waals surface area contributed by atoms with Gasteiger partial charge in [-0.25, -0.2) is 0 Å². The van der Waals surface area contributed by atoms with E-state index in [9.17, 15) is 19.7 Å². The first kappa shape index (κ1) is 16.4. The van der Waals surface area contributed by atoms with Crippen LogP contribution in [-0.4, -0.2) is 29.9 Å². The van der Waals surface area contributed by atoms with Crippen LogP contribution in [0.4, 0.5) is 17.1 Å². The second kappa shape index (κ2) is 6.60. The van der Waals surface area contributed by atoms with Crippen molar-refractivity contribution in [3.63, 3.8) is 0 Å². The highest BCUT2D eigenvalue weighted by atomic mass is 16.6. The van der Waals surface area contributed by atoms with Gasteiger partial charge in [0.15, 0.2) is 6.61 Å². The largest absolute Gasteiger partial charge is 0.482 e. The number of non-ortho nitro benzene ring substituents is 1. The summed E-state index contributed by atoms with van der Waals surface area (Å²) < 4.78 is 5.33. The van der Waals surface area contributed by atoms with Crippen molar-refractivity contribution < 1.29 is 19.2 Å². The first-order chi connectivity index (χ1) is 12.0. The number of ether oxygens (including phenoxy) is 1. The highest BCUT2D eigenvalue weighted by Crippen LogP contribution is 2.31. The van der Waals surface area contributed by atoms with Gasteiger partial charge in [0.05, 0.1) is 16.3 Å². The van der Waals surface area contributed by atoms with Gasteiger partial charge in [0.1, 0.15) is 12.3 Å². The molecular weight excluding hydrogens is 326 g/mol. The molecule has 1 heterocycles. The number of nitrogens with zero attached hydrogens (tertiary/aromatic N) is 2. The Morgan fingerprint density at radius 3 is 2.84 bits per heavy atom. The van der Waals surface area contributed by atoms with Crippen LogP contribution in [0.25, 0.3) is 0 Å². The Kier molecular flexibility index (Phi) is 4.34. The third-order valence-corrected chi connectivity index (χ3v) is 3.82. The van der Waals surface area contributed by atoms with Gasteiger partial charge in [-0.2, -0.15) is 0 Å². The fourth-order valence-corrected chi connectivity index (χ4v) is 2.52. The maximum atomic E-state index is 12.4. The Bertz CT molecular complexity index is 865. The summed E-state index contributed by atoms with van der Waals surface area (Å²) in [5, 5.41) is 13.5. The lowest BCUT2D eigenvalue weighted by Crippen LogP contribution is -2.43. The molecule has 0 aromatic heterocycles. The van der Waals surface area contributed by atoms with E-state index in [1.54, 1.807) is 37.3 Å². The van der Waals surface area contributed by atoms with Crippen LogP contribution in [0, 0.1) is 17.0 Å². The molecule has 3 rings (SSSR count). The van der Waals surface area contributed by atoms with Gasteiger partial charge in [-0.1, -0.05) is 18.2 Å². The van der Waals surface area contributed by atoms with Crippen molar-refractivity contribution in [2.45, 2.75) is 6.92 Å². The monoisotopic (exact) mass is 341 g/mol. The van der Waals surface area contributed by atoms with E-state index in [4.69, 9.17) is 4.74 Å². The SMILES string of the molecule is Cc1ccc([N+](=O)[O-])cc1NC(=O)CN1C(=O)COc2ccccc21. The molecule has 0 atom stereocenters. The summed E-state index contributed by atoms with van der Waals surface area (Å²) in [6, 6.07) is 11.2. The smallest absolute Gasteiger partial charge is 0.271 e. The van der Waals surface area contributed by atoms with E-state index >= 15 is 0 Å². The molecule has 1 N–H and O–H groups in total. The van der Waals surface area contributed by atoms with Crippen molar-refractivity contribution in [2.75, 3.05) is 23.4 Å². The summed E-state index contributed by atoms with van der Waals surface area (Å²) in [6.45, 7) is 1.38. The zero-order valence-corrected chi connectivity index (χ0v) is 13.4. The van der Waals surface area contributed by atoms with E-state index < -0.39 is 10.8 Å². The third kappa shape index (κ3) is 3.42. The van der Waals surface area contributed by atoms with Crippen LogP contribution < -0.4 is 15.0 Å². The second-order valence-electron chi connectivity index (χ2n) is 5.54. The molecule has 1 aliphatic rings. The van der Waals surface area contributed by atoms with Crippen molar-refractivity contribution in [3.05, 3.63) is 58.1 Å². The number of amides is 2. The number of benzene rings is 2. The van der Waals surface area contributed by atoms with Crippen molar-refractivity contribution in [2.24, 2.45) is 0 Å².